The highest BCUT2D eigenvalue weighted by molar-refractivity contribution is 6.42. The van der Waals surface area contributed by atoms with Crippen LogP contribution in [0.2, 0.25) is 10.0 Å². The second-order valence-corrected chi connectivity index (χ2v) is 5.84. The maximum Gasteiger partial charge on any atom is 0.251 e. The van der Waals surface area contributed by atoms with E-state index < -0.39 is 0 Å². The third-order valence-corrected chi connectivity index (χ3v) is 4.01. The first-order chi connectivity index (χ1) is 10.1. The number of hydrogen-bond donors (Lipinski definition) is 1. The van der Waals surface area contributed by atoms with Crippen LogP contribution in [0.3, 0.4) is 0 Å². The zero-order chi connectivity index (χ0) is 15.2. The van der Waals surface area contributed by atoms with Crippen LogP contribution >= 0.6 is 23.2 Å². The van der Waals surface area contributed by atoms with E-state index in [2.05, 4.69) is 17.4 Å². The van der Waals surface area contributed by atoms with Crippen LogP contribution in [0.1, 0.15) is 29.3 Å². The van der Waals surface area contributed by atoms with E-state index in [0.717, 1.165) is 12.8 Å². The van der Waals surface area contributed by atoms with E-state index in [1.807, 2.05) is 25.1 Å². The number of carbonyl (C=O) groups is 1. The van der Waals surface area contributed by atoms with Crippen molar-refractivity contribution in [1.82, 2.24) is 5.32 Å². The molecule has 1 atom stereocenters. The van der Waals surface area contributed by atoms with Gasteiger partial charge in [0, 0.05) is 11.6 Å². The largest absolute Gasteiger partial charge is 0.350 e. The highest BCUT2D eigenvalue weighted by atomic mass is 35.5. The molecule has 0 fully saturated rings. The number of aryl methyl sites for hydroxylation is 1. The molecule has 2 rings (SSSR count). The standard InChI is InChI=1S/C17H17Cl2NO/c1-12(7-8-13-5-3-2-4-6-13)20-17(21)14-9-10-15(18)16(19)11-14/h2-6,9-12H,7-8H2,1H3,(H,20,21)/t12-/m1/s1. The number of rotatable bonds is 5. The summed E-state index contributed by atoms with van der Waals surface area (Å²) in [5.74, 6) is -0.130. The second-order valence-electron chi connectivity index (χ2n) is 5.03. The monoisotopic (exact) mass is 321 g/mol. The summed E-state index contributed by atoms with van der Waals surface area (Å²) in [5.41, 5.74) is 1.80. The minimum absolute atomic E-state index is 0.0900. The molecule has 0 aliphatic heterocycles. The first-order valence-electron chi connectivity index (χ1n) is 6.86. The Morgan fingerprint density at radius 3 is 2.48 bits per heavy atom. The minimum Gasteiger partial charge on any atom is -0.350 e. The molecule has 4 heteroatoms. The molecule has 0 aliphatic rings. The molecule has 0 aromatic heterocycles. The van der Waals surface area contributed by atoms with Crippen LogP contribution in [-0.4, -0.2) is 11.9 Å². The van der Waals surface area contributed by atoms with E-state index in [9.17, 15) is 4.79 Å². The molecule has 21 heavy (non-hydrogen) atoms. The smallest absolute Gasteiger partial charge is 0.251 e. The van der Waals surface area contributed by atoms with Gasteiger partial charge in [-0.05, 0) is 43.5 Å². The molecule has 0 spiro atoms. The van der Waals surface area contributed by atoms with Gasteiger partial charge in [-0.15, -0.1) is 0 Å². The Hall–Kier alpha value is -1.51. The lowest BCUT2D eigenvalue weighted by Crippen LogP contribution is -2.32. The molecule has 1 N–H and O–H groups in total. The van der Waals surface area contributed by atoms with Gasteiger partial charge in [0.1, 0.15) is 0 Å². The third-order valence-electron chi connectivity index (χ3n) is 3.27. The summed E-state index contributed by atoms with van der Waals surface area (Å²) in [6.07, 6.45) is 1.82. The summed E-state index contributed by atoms with van der Waals surface area (Å²) in [5, 5.41) is 3.81. The van der Waals surface area contributed by atoms with Gasteiger partial charge in [0.15, 0.2) is 0 Å². The van der Waals surface area contributed by atoms with Crippen molar-refractivity contribution in [1.29, 1.82) is 0 Å². The molecular formula is C17H17Cl2NO. The lowest BCUT2D eigenvalue weighted by atomic mass is 10.1. The quantitative estimate of drug-likeness (QED) is 0.846. The van der Waals surface area contributed by atoms with Crippen LogP contribution in [0.25, 0.3) is 0 Å². The lowest BCUT2D eigenvalue weighted by Gasteiger charge is -2.14. The van der Waals surface area contributed by atoms with Gasteiger partial charge in [0.25, 0.3) is 5.91 Å². The van der Waals surface area contributed by atoms with E-state index in [1.165, 1.54) is 5.56 Å². The highest BCUT2D eigenvalue weighted by Crippen LogP contribution is 2.22. The fourth-order valence-electron chi connectivity index (χ4n) is 2.04. The minimum atomic E-state index is -0.130. The van der Waals surface area contributed by atoms with Crippen LogP contribution in [0.5, 0.6) is 0 Å². The Bertz CT molecular complexity index is 613. The summed E-state index contributed by atoms with van der Waals surface area (Å²) in [6, 6.07) is 15.2. The molecular weight excluding hydrogens is 305 g/mol. The predicted octanol–water partition coefficient (Wildman–Crippen LogP) is 4.74. The fraction of sp³-hybridized carbons (Fsp3) is 0.235. The molecule has 0 aliphatic carbocycles. The van der Waals surface area contributed by atoms with Crippen molar-refractivity contribution in [2.75, 3.05) is 0 Å². The zero-order valence-corrected chi connectivity index (χ0v) is 13.3. The van der Waals surface area contributed by atoms with Crippen LogP contribution < -0.4 is 5.32 Å². The molecule has 0 bridgehead atoms. The van der Waals surface area contributed by atoms with E-state index in [1.54, 1.807) is 18.2 Å². The molecule has 2 aromatic rings. The SMILES string of the molecule is C[C@H](CCc1ccccc1)NC(=O)c1ccc(Cl)c(Cl)c1. The van der Waals surface area contributed by atoms with Gasteiger partial charge in [-0.1, -0.05) is 53.5 Å². The average molecular weight is 322 g/mol. The Balaban J connectivity index is 1.88. The van der Waals surface area contributed by atoms with Gasteiger partial charge in [0.05, 0.1) is 10.0 Å². The first-order valence-corrected chi connectivity index (χ1v) is 7.61. The van der Waals surface area contributed by atoms with E-state index in [-0.39, 0.29) is 11.9 Å². The summed E-state index contributed by atoms with van der Waals surface area (Å²) < 4.78 is 0. The maximum absolute atomic E-state index is 12.1. The summed E-state index contributed by atoms with van der Waals surface area (Å²) in [4.78, 5) is 12.1. The van der Waals surface area contributed by atoms with Crippen molar-refractivity contribution >= 4 is 29.1 Å². The van der Waals surface area contributed by atoms with Gasteiger partial charge in [0.2, 0.25) is 0 Å². The molecule has 0 unspecified atom stereocenters. The van der Waals surface area contributed by atoms with E-state index in [4.69, 9.17) is 23.2 Å². The summed E-state index contributed by atoms with van der Waals surface area (Å²) in [6.45, 7) is 2.00. The van der Waals surface area contributed by atoms with Gasteiger partial charge in [-0.25, -0.2) is 0 Å². The van der Waals surface area contributed by atoms with Crippen molar-refractivity contribution in [3.63, 3.8) is 0 Å². The Labute approximate surface area is 135 Å². The van der Waals surface area contributed by atoms with E-state index in [0.29, 0.717) is 15.6 Å². The molecule has 2 aromatic carbocycles. The predicted molar refractivity (Wildman–Crippen MR) is 88.2 cm³/mol. The van der Waals surface area contributed by atoms with Crippen LogP contribution in [-0.2, 0) is 6.42 Å². The maximum atomic E-state index is 12.1. The number of amides is 1. The Kier molecular flexibility index (Phi) is 5.66. The molecule has 2 nitrogen and oxygen atoms in total. The van der Waals surface area contributed by atoms with Crippen LogP contribution in [0.15, 0.2) is 48.5 Å². The molecule has 0 radical (unpaired) electrons. The summed E-state index contributed by atoms with van der Waals surface area (Å²) >= 11 is 11.8. The van der Waals surface area contributed by atoms with Gasteiger partial charge in [-0.2, -0.15) is 0 Å². The van der Waals surface area contributed by atoms with Crippen molar-refractivity contribution in [3.05, 3.63) is 69.7 Å². The van der Waals surface area contributed by atoms with Crippen molar-refractivity contribution in [2.45, 2.75) is 25.8 Å². The zero-order valence-electron chi connectivity index (χ0n) is 11.8. The molecule has 0 heterocycles. The van der Waals surface area contributed by atoms with Crippen LogP contribution in [0.4, 0.5) is 0 Å². The number of nitrogens with one attached hydrogen (secondary N) is 1. The third kappa shape index (κ3) is 4.76. The first kappa shape index (κ1) is 15.9. The Morgan fingerprint density at radius 2 is 1.81 bits per heavy atom. The molecule has 0 saturated carbocycles. The van der Waals surface area contributed by atoms with Gasteiger partial charge in [-0.3, -0.25) is 4.79 Å². The Morgan fingerprint density at radius 1 is 1.10 bits per heavy atom. The van der Waals surface area contributed by atoms with Gasteiger partial charge >= 0.3 is 0 Å². The topological polar surface area (TPSA) is 29.1 Å². The normalized spacial score (nSPS) is 12.0. The van der Waals surface area contributed by atoms with Crippen molar-refractivity contribution < 1.29 is 4.79 Å². The molecule has 0 saturated heterocycles. The molecule has 1 amide bonds. The lowest BCUT2D eigenvalue weighted by molar-refractivity contribution is 0.0938. The second kappa shape index (κ2) is 7.48. The fourth-order valence-corrected chi connectivity index (χ4v) is 2.34. The van der Waals surface area contributed by atoms with Crippen molar-refractivity contribution in [3.8, 4) is 0 Å². The van der Waals surface area contributed by atoms with E-state index >= 15 is 0 Å². The van der Waals surface area contributed by atoms with Gasteiger partial charge < -0.3 is 5.32 Å². The number of hydrogen-bond acceptors (Lipinski definition) is 1. The summed E-state index contributed by atoms with van der Waals surface area (Å²) in [7, 11) is 0. The average Bonchev–Trinajstić information content (AvgIpc) is 2.49. The van der Waals surface area contributed by atoms with Crippen molar-refractivity contribution in [2.24, 2.45) is 0 Å². The molecule has 110 valence electrons. The number of benzene rings is 2. The number of halogens is 2. The number of carbonyl (C=O) groups excluding carboxylic acids is 1. The highest BCUT2D eigenvalue weighted by Gasteiger charge is 2.11. The van der Waals surface area contributed by atoms with Crippen LogP contribution in [0, 0.1) is 0 Å².